The molecule has 0 radical (unpaired) electrons. The fourth-order valence-electron chi connectivity index (χ4n) is 2.73. The van der Waals surface area contributed by atoms with Crippen LogP contribution in [0.25, 0.3) is 0 Å². The molecule has 29 heavy (non-hydrogen) atoms. The molecule has 2 rings (SSSR count). The van der Waals surface area contributed by atoms with Crippen LogP contribution in [-0.4, -0.2) is 46.1 Å². The van der Waals surface area contributed by atoms with E-state index in [0.717, 1.165) is 16.9 Å². The molecule has 1 aromatic carbocycles. The highest BCUT2D eigenvalue weighted by molar-refractivity contribution is 7.89. The smallest absolute Gasteiger partial charge is 0.242 e. The van der Waals surface area contributed by atoms with Crippen molar-refractivity contribution in [3.63, 3.8) is 0 Å². The number of nitrogens with zero attached hydrogens (tertiary/aromatic N) is 2. The molecule has 0 bridgehead atoms. The van der Waals surface area contributed by atoms with Crippen molar-refractivity contribution < 1.29 is 13.2 Å². The Morgan fingerprint density at radius 1 is 1.31 bits per heavy atom. The number of methoxy groups -OCH3 is 1. The van der Waals surface area contributed by atoms with Crippen LogP contribution in [0.5, 0.6) is 5.75 Å². The van der Waals surface area contributed by atoms with E-state index in [1.54, 1.807) is 13.2 Å². The molecule has 0 aliphatic rings. The van der Waals surface area contributed by atoms with E-state index >= 15 is 0 Å². The minimum atomic E-state index is -3.59. The van der Waals surface area contributed by atoms with E-state index in [1.807, 2.05) is 32.9 Å². The number of nitrogens with one attached hydrogen (secondary N) is 3. The highest BCUT2D eigenvalue weighted by atomic mass is 32.2. The molecule has 1 unspecified atom stereocenters. The monoisotopic (exact) mass is 419 g/mol. The van der Waals surface area contributed by atoms with Gasteiger partial charge in [-0.2, -0.15) is 0 Å². The van der Waals surface area contributed by atoms with Gasteiger partial charge in [-0.15, -0.1) is 0 Å². The maximum atomic E-state index is 12.2. The van der Waals surface area contributed by atoms with Gasteiger partial charge in [-0.1, -0.05) is 17.7 Å². The van der Waals surface area contributed by atoms with Crippen molar-refractivity contribution in [2.45, 2.75) is 31.7 Å². The topological polar surface area (TPSA) is 105 Å². The van der Waals surface area contributed by atoms with Crippen LogP contribution in [0.15, 0.2) is 52.6 Å². The molecule has 0 aliphatic heterocycles. The first-order valence-electron chi connectivity index (χ1n) is 9.46. The molecule has 0 amide bonds. The number of aromatic nitrogens is 1. The molecule has 0 fully saturated rings. The van der Waals surface area contributed by atoms with Crippen LogP contribution in [0.2, 0.25) is 0 Å². The van der Waals surface area contributed by atoms with Crippen LogP contribution in [-0.2, 0) is 10.0 Å². The number of hydrogen-bond donors (Lipinski definition) is 3. The Labute approximate surface area is 172 Å². The summed E-state index contributed by atoms with van der Waals surface area (Å²) < 4.78 is 32.4. The molecule has 1 atom stereocenters. The Morgan fingerprint density at radius 3 is 2.76 bits per heavy atom. The highest BCUT2D eigenvalue weighted by Gasteiger charge is 2.14. The lowest BCUT2D eigenvalue weighted by Gasteiger charge is -2.20. The standard InChI is InChI=1S/C20H29N5O3S/c1-5-22-20(25-16(3)18-13-15(2)8-9-19(18)28-4)23-11-12-24-29(26,27)17-7-6-10-21-14-17/h6-10,13-14,16,24H,5,11-12H2,1-4H3,(H2,22,23,25). The van der Waals surface area contributed by atoms with Gasteiger partial charge in [0, 0.05) is 31.0 Å². The SMILES string of the molecule is CCNC(=NCCNS(=O)(=O)c1cccnc1)NC(C)c1cc(C)ccc1OC. The number of benzene rings is 1. The number of pyridine rings is 1. The van der Waals surface area contributed by atoms with Crippen molar-refractivity contribution in [3.05, 3.63) is 53.9 Å². The van der Waals surface area contributed by atoms with E-state index < -0.39 is 10.0 Å². The molecular formula is C20H29N5O3S. The Balaban J connectivity index is 2.00. The third kappa shape index (κ3) is 6.72. The molecule has 1 heterocycles. The highest BCUT2D eigenvalue weighted by Crippen LogP contribution is 2.25. The third-order valence-corrected chi connectivity index (χ3v) is 5.61. The largest absolute Gasteiger partial charge is 0.496 e. The van der Waals surface area contributed by atoms with Gasteiger partial charge in [-0.05, 0) is 39.0 Å². The predicted molar refractivity (Wildman–Crippen MR) is 115 cm³/mol. The Kier molecular flexibility index (Phi) is 8.41. The summed E-state index contributed by atoms with van der Waals surface area (Å²) >= 11 is 0. The third-order valence-electron chi connectivity index (χ3n) is 4.17. The number of aryl methyl sites for hydroxylation is 1. The van der Waals surface area contributed by atoms with Crippen molar-refractivity contribution in [1.82, 2.24) is 20.3 Å². The number of guanidine groups is 1. The van der Waals surface area contributed by atoms with Gasteiger partial charge in [0.25, 0.3) is 0 Å². The second kappa shape index (κ2) is 10.8. The summed E-state index contributed by atoms with van der Waals surface area (Å²) in [5.41, 5.74) is 2.16. The van der Waals surface area contributed by atoms with E-state index in [1.165, 1.54) is 18.5 Å². The van der Waals surface area contributed by atoms with Crippen LogP contribution in [0.4, 0.5) is 0 Å². The summed E-state index contributed by atoms with van der Waals surface area (Å²) in [6, 6.07) is 9.06. The molecular weight excluding hydrogens is 390 g/mol. The average molecular weight is 420 g/mol. The first kappa shape index (κ1) is 22.6. The lowest BCUT2D eigenvalue weighted by atomic mass is 10.0. The average Bonchev–Trinajstić information content (AvgIpc) is 2.72. The van der Waals surface area contributed by atoms with Crippen LogP contribution < -0.4 is 20.1 Å². The van der Waals surface area contributed by atoms with Gasteiger partial charge in [-0.25, -0.2) is 13.1 Å². The zero-order valence-electron chi connectivity index (χ0n) is 17.3. The van der Waals surface area contributed by atoms with E-state index in [9.17, 15) is 8.42 Å². The van der Waals surface area contributed by atoms with Crippen molar-refractivity contribution in [2.75, 3.05) is 26.7 Å². The minimum Gasteiger partial charge on any atom is -0.496 e. The molecule has 0 saturated carbocycles. The second-order valence-electron chi connectivity index (χ2n) is 6.46. The van der Waals surface area contributed by atoms with Gasteiger partial charge in [0.2, 0.25) is 10.0 Å². The quantitative estimate of drug-likeness (QED) is 0.326. The molecule has 3 N–H and O–H groups in total. The van der Waals surface area contributed by atoms with Crippen LogP contribution in [0.3, 0.4) is 0 Å². The first-order valence-corrected chi connectivity index (χ1v) is 10.9. The maximum Gasteiger partial charge on any atom is 0.242 e. The number of aliphatic imine (C=N–C) groups is 1. The molecule has 2 aromatic rings. The van der Waals surface area contributed by atoms with Gasteiger partial charge >= 0.3 is 0 Å². The molecule has 0 aliphatic carbocycles. The van der Waals surface area contributed by atoms with Crippen LogP contribution in [0.1, 0.15) is 31.0 Å². The normalized spacial score (nSPS) is 13.0. The minimum absolute atomic E-state index is 0.0465. The van der Waals surface area contributed by atoms with E-state index in [2.05, 4.69) is 31.4 Å². The van der Waals surface area contributed by atoms with E-state index in [4.69, 9.17) is 4.74 Å². The summed E-state index contributed by atoms with van der Waals surface area (Å²) in [4.78, 5) is 8.43. The van der Waals surface area contributed by atoms with Crippen molar-refractivity contribution in [2.24, 2.45) is 4.99 Å². The van der Waals surface area contributed by atoms with E-state index in [0.29, 0.717) is 12.5 Å². The van der Waals surface area contributed by atoms with Crippen molar-refractivity contribution in [1.29, 1.82) is 0 Å². The van der Waals surface area contributed by atoms with E-state index in [-0.39, 0.29) is 24.0 Å². The molecule has 1 aromatic heterocycles. The lowest BCUT2D eigenvalue weighted by Crippen LogP contribution is -2.39. The Morgan fingerprint density at radius 2 is 2.10 bits per heavy atom. The first-order chi connectivity index (χ1) is 13.9. The second-order valence-corrected chi connectivity index (χ2v) is 8.23. The number of rotatable bonds is 9. The van der Waals surface area contributed by atoms with Gasteiger partial charge in [0.15, 0.2) is 5.96 Å². The van der Waals surface area contributed by atoms with Crippen LogP contribution >= 0.6 is 0 Å². The lowest BCUT2D eigenvalue weighted by molar-refractivity contribution is 0.405. The van der Waals surface area contributed by atoms with Gasteiger partial charge in [0.1, 0.15) is 10.6 Å². The molecule has 158 valence electrons. The van der Waals surface area contributed by atoms with Crippen molar-refractivity contribution >= 4 is 16.0 Å². The zero-order chi connectivity index (χ0) is 21.3. The van der Waals surface area contributed by atoms with Crippen molar-refractivity contribution in [3.8, 4) is 5.75 Å². The molecule has 0 spiro atoms. The van der Waals surface area contributed by atoms with Gasteiger partial charge in [0.05, 0.1) is 19.7 Å². The summed E-state index contributed by atoms with van der Waals surface area (Å²) in [5.74, 6) is 1.40. The predicted octanol–water partition coefficient (Wildman–Crippen LogP) is 1.99. The molecule has 0 saturated heterocycles. The summed E-state index contributed by atoms with van der Waals surface area (Å²) in [6.07, 6.45) is 2.84. The Hall–Kier alpha value is -2.65. The van der Waals surface area contributed by atoms with Crippen LogP contribution in [0, 0.1) is 6.92 Å². The van der Waals surface area contributed by atoms with Gasteiger partial charge < -0.3 is 15.4 Å². The molecule has 8 nitrogen and oxygen atoms in total. The number of sulfonamides is 1. The fraction of sp³-hybridized carbons (Fsp3) is 0.400. The Bertz CT molecular complexity index is 917. The molecule has 9 heteroatoms. The zero-order valence-corrected chi connectivity index (χ0v) is 18.1. The van der Waals surface area contributed by atoms with Gasteiger partial charge in [-0.3, -0.25) is 9.98 Å². The maximum absolute atomic E-state index is 12.2. The summed E-state index contributed by atoms with van der Waals surface area (Å²) in [7, 11) is -1.94. The number of ether oxygens (including phenoxy) is 1. The summed E-state index contributed by atoms with van der Waals surface area (Å²) in [5, 5.41) is 6.51. The fourth-order valence-corrected chi connectivity index (χ4v) is 3.72. The number of hydrogen-bond acceptors (Lipinski definition) is 5. The summed E-state index contributed by atoms with van der Waals surface area (Å²) in [6.45, 7) is 7.17.